The van der Waals surface area contributed by atoms with Gasteiger partial charge in [0.2, 0.25) is 5.91 Å². The Kier molecular flexibility index (Phi) is 4.75. The predicted molar refractivity (Wildman–Crippen MR) is 80.4 cm³/mol. The predicted octanol–water partition coefficient (Wildman–Crippen LogP) is 0.169. The number of hydrogen-bond acceptors (Lipinski definition) is 4. The highest BCUT2D eigenvalue weighted by atomic mass is 16.1. The monoisotopic (exact) mass is 276 g/mol. The number of amides is 1. The maximum absolute atomic E-state index is 11.2. The molecule has 110 valence electrons. The lowest BCUT2D eigenvalue weighted by atomic mass is 10.0. The molecule has 1 fully saturated rings. The van der Waals surface area contributed by atoms with Crippen LogP contribution in [0.25, 0.3) is 0 Å². The number of piperazine rings is 1. The SMILES string of the molecule is Cc1cc(C(N)=O)ccc1CN1CCN(C)CC1CN. The van der Waals surface area contributed by atoms with Gasteiger partial charge in [-0.3, -0.25) is 9.69 Å². The van der Waals surface area contributed by atoms with Gasteiger partial charge in [0.25, 0.3) is 0 Å². The van der Waals surface area contributed by atoms with Gasteiger partial charge in [-0.05, 0) is 37.2 Å². The summed E-state index contributed by atoms with van der Waals surface area (Å²) >= 11 is 0. The van der Waals surface area contributed by atoms with Crippen molar-refractivity contribution in [2.24, 2.45) is 11.5 Å². The molecule has 5 heteroatoms. The Hall–Kier alpha value is -1.43. The molecule has 1 aliphatic rings. The first-order valence-electron chi connectivity index (χ1n) is 7.03. The van der Waals surface area contributed by atoms with E-state index in [1.165, 1.54) is 5.56 Å². The fraction of sp³-hybridized carbons (Fsp3) is 0.533. The molecule has 0 aliphatic carbocycles. The molecule has 0 saturated carbocycles. The lowest BCUT2D eigenvalue weighted by molar-refractivity contribution is 0.0879. The maximum Gasteiger partial charge on any atom is 0.248 e. The lowest BCUT2D eigenvalue weighted by Crippen LogP contribution is -2.54. The van der Waals surface area contributed by atoms with Crippen molar-refractivity contribution in [1.29, 1.82) is 0 Å². The molecule has 2 rings (SSSR count). The minimum Gasteiger partial charge on any atom is -0.366 e. The van der Waals surface area contributed by atoms with Crippen LogP contribution in [0.4, 0.5) is 0 Å². The Morgan fingerprint density at radius 2 is 2.15 bits per heavy atom. The second-order valence-electron chi connectivity index (χ2n) is 5.63. The molecular weight excluding hydrogens is 252 g/mol. The molecule has 1 heterocycles. The normalized spacial score (nSPS) is 21.1. The third-order valence-electron chi connectivity index (χ3n) is 4.08. The van der Waals surface area contributed by atoms with E-state index in [0.717, 1.165) is 31.7 Å². The summed E-state index contributed by atoms with van der Waals surface area (Å²) in [5, 5.41) is 0. The summed E-state index contributed by atoms with van der Waals surface area (Å²) in [6, 6.07) is 6.06. The van der Waals surface area contributed by atoms with E-state index in [-0.39, 0.29) is 5.91 Å². The number of carbonyl (C=O) groups excluding carboxylic acids is 1. The van der Waals surface area contributed by atoms with Gasteiger partial charge in [-0.25, -0.2) is 0 Å². The standard InChI is InChI=1S/C15H24N4O/c1-11-7-12(15(17)20)3-4-13(11)9-19-6-5-18(2)10-14(19)8-16/h3-4,7,14H,5-6,8-10,16H2,1-2H3,(H2,17,20). The van der Waals surface area contributed by atoms with Gasteiger partial charge in [-0.15, -0.1) is 0 Å². The number of aryl methyl sites for hydroxylation is 1. The number of rotatable bonds is 4. The zero-order valence-electron chi connectivity index (χ0n) is 12.3. The van der Waals surface area contributed by atoms with Crippen LogP contribution in [-0.4, -0.2) is 55.0 Å². The zero-order chi connectivity index (χ0) is 14.7. The van der Waals surface area contributed by atoms with Crippen LogP contribution in [0.3, 0.4) is 0 Å². The summed E-state index contributed by atoms with van der Waals surface area (Å²) in [7, 11) is 2.13. The minimum atomic E-state index is -0.376. The van der Waals surface area contributed by atoms with Crippen LogP contribution in [0.2, 0.25) is 0 Å². The summed E-state index contributed by atoms with van der Waals surface area (Å²) < 4.78 is 0. The van der Waals surface area contributed by atoms with Crippen LogP contribution in [0.1, 0.15) is 21.5 Å². The third kappa shape index (κ3) is 3.36. The van der Waals surface area contributed by atoms with Gasteiger partial charge in [0, 0.05) is 44.3 Å². The summed E-state index contributed by atoms with van der Waals surface area (Å²) in [6.45, 7) is 6.66. The van der Waals surface area contributed by atoms with Crippen LogP contribution in [0, 0.1) is 6.92 Å². The number of nitrogens with two attached hydrogens (primary N) is 2. The van der Waals surface area contributed by atoms with E-state index < -0.39 is 0 Å². The molecule has 0 spiro atoms. The van der Waals surface area contributed by atoms with E-state index in [2.05, 4.69) is 16.8 Å². The molecule has 20 heavy (non-hydrogen) atoms. The topological polar surface area (TPSA) is 75.6 Å². The number of benzene rings is 1. The molecule has 1 atom stereocenters. The Balaban J connectivity index is 2.11. The van der Waals surface area contributed by atoms with Gasteiger partial charge in [0.05, 0.1) is 0 Å². The van der Waals surface area contributed by atoms with Crippen LogP contribution in [0.15, 0.2) is 18.2 Å². The molecule has 0 radical (unpaired) electrons. The highest BCUT2D eigenvalue weighted by Gasteiger charge is 2.24. The fourth-order valence-corrected chi connectivity index (χ4v) is 2.73. The van der Waals surface area contributed by atoms with E-state index in [0.29, 0.717) is 18.2 Å². The van der Waals surface area contributed by atoms with E-state index in [9.17, 15) is 4.79 Å². The first kappa shape index (κ1) is 15.0. The van der Waals surface area contributed by atoms with Crippen molar-refractivity contribution in [2.75, 3.05) is 33.2 Å². The molecule has 1 aromatic rings. The number of carbonyl (C=O) groups is 1. The van der Waals surface area contributed by atoms with Gasteiger partial charge in [-0.1, -0.05) is 6.07 Å². The van der Waals surface area contributed by atoms with Crippen molar-refractivity contribution in [1.82, 2.24) is 9.80 Å². The molecule has 1 aromatic carbocycles. The number of nitrogens with zero attached hydrogens (tertiary/aromatic N) is 2. The van der Waals surface area contributed by atoms with E-state index >= 15 is 0 Å². The molecule has 0 bridgehead atoms. The van der Waals surface area contributed by atoms with Crippen molar-refractivity contribution < 1.29 is 4.79 Å². The maximum atomic E-state index is 11.2. The van der Waals surface area contributed by atoms with Crippen molar-refractivity contribution in [3.05, 3.63) is 34.9 Å². The fourth-order valence-electron chi connectivity index (χ4n) is 2.73. The van der Waals surface area contributed by atoms with E-state index in [4.69, 9.17) is 11.5 Å². The molecule has 1 unspecified atom stereocenters. The van der Waals surface area contributed by atoms with Gasteiger partial charge in [0.15, 0.2) is 0 Å². The zero-order valence-corrected chi connectivity index (χ0v) is 12.3. The second kappa shape index (κ2) is 6.35. The molecule has 1 amide bonds. The van der Waals surface area contributed by atoms with Gasteiger partial charge >= 0.3 is 0 Å². The van der Waals surface area contributed by atoms with Crippen LogP contribution >= 0.6 is 0 Å². The van der Waals surface area contributed by atoms with Crippen molar-refractivity contribution >= 4 is 5.91 Å². The lowest BCUT2D eigenvalue weighted by Gasteiger charge is -2.39. The molecule has 1 aliphatic heterocycles. The number of hydrogen-bond donors (Lipinski definition) is 2. The van der Waals surface area contributed by atoms with Gasteiger partial charge < -0.3 is 16.4 Å². The van der Waals surface area contributed by atoms with E-state index in [1.807, 2.05) is 19.1 Å². The van der Waals surface area contributed by atoms with Crippen molar-refractivity contribution in [3.63, 3.8) is 0 Å². The molecule has 5 nitrogen and oxygen atoms in total. The third-order valence-corrected chi connectivity index (χ3v) is 4.08. The largest absolute Gasteiger partial charge is 0.366 e. The summed E-state index contributed by atoms with van der Waals surface area (Å²) in [5.74, 6) is -0.376. The Labute approximate surface area is 120 Å². The molecular formula is C15H24N4O. The highest BCUT2D eigenvalue weighted by Crippen LogP contribution is 2.17. The first-order valence-corrected chi connectivity index (χ1v) is 7.03. The van der Waals surface area contributed by atoms with Gasteiger partial charge in [-0.2, -0.15) is 0 Å². The van der Waals surface area contributed by atoms with Crippen LogP contribution in [0.5, 0.6) is 0 Å². The van der Waals surface area contributed by atoms with Crippen LogP contribution in [-0.2, 0) is 6.54 Å². The summed E-state index contributed by atoms with van der Waals surface area (Å²) in [6.07, 6.45) is 0. The quantitative estimate of drug-likeness (QED) is 0.822. The first-order chi connectivity index (χ1) is 9.51. The average Bonchev–Trinajstić information content (AvgIpc) is 2.42. The van der Waals surface area contributed by atoms with Crippen molar-refractivity contribution in [3.8, 4) is 0 Å². The molecule has 1 saturated heterocycles. The number of likely N-dealkylation sites (N-methyl/N-ethyl adjacent to an activating group) is 1. The highest BCUT2D eigenvalue weighted by molar-refractivity contribution is 5.93. The smallest absolute Gasteiger partial charge is 0.248 e. The minimum absolute atomic E-state index is 0.376. The van der Waals surface area contributed by atoms with E-state index in [1.54, 1.807) is 6.07 Å². The van der Waals surface area contributed by atoms with Crippen LogP contribution < -0.4 is 11.5 Å². The van der Waals surface area contributed by atoms with Crippen molar-refractivity contribution in [2.45, 2.75) is 19.5 Å². The second-order valence-corrected chi connectivity index (χ2v) is 5.63. The Bertz CT molecular complexity index is 489. The molecule has 0 aromatic heterocycles. The Morgan fingerprint density at radius 3 is 2.75 bits per heavy atom. The Morgan fingerprint density at radius 1 is 1.40 bits per heavy atom. The number of primary amides is 1. The summed E-state index contributed by atoms with van der Waals surface area (Å²) in [4.78, 5) is 15.9. The summed E-state index contributed by atoms with van der Waals surface area (Å²) in [5.41, 5.74) is 14.1. The van der Waals surface area contributed by atoms with Gasteiger partial charge in [0.1, 0.15) is 0 Å². The molecule has 4 N–H and O–H groups in total. The average molecular weight is 276 g/mol.